The van der Waals surface area contributed by atoms with Gasteiger partial charge in [0, 0.05) is 25.8 Å². The number of aliphatic hydroxyl groups excluding tert-OH is 1. The van der Waals surface area contributed by atoms with E-state index in [0.717, 1.165) is 24.7 Å². The van der Waals surface area contributed by atoms with Crippen molar-refractivity contribution in [2.75, 3.05) is 32.1 Å². The summed E-state index contributed by atoms with van der Waals surface area (Å²) in [6, 6.07) is 12.8. The lowest BCUT2D eigenvalue weighted by molar-refractivity contribution is 0.201. The van der Waals surface area contributed by atoms with Gasteiger partial charge in [0.25, 0.3) is 0 Å². The van der Waals surface area contributed by atoms with E-state index in [1.807, 2.05) is 25.4 Å². The van der Waals surface area contributed by atoms with Gasteiger partial charge in [-0.05, 0) is 54.8 Å². The normalized spacial score (nSPS) is 17.8. The number of rotatable bonds is 7. The van der Waals surface area contributed by atoms with Crippen molar-refractivity contribution >= 4 is 5.82 Å². The Morgan fingerprint density at radius 1 is 1.33 bits per heavy atom. The Bertz CT molecular complexity index is 663. The first-order valence-electron chi connectivity index (χ1n) is 8.50. The van der Waals surface area contributed by atoms with Gasteiger partial charge in [-0.2, -0.15) is 0 Å². The topological polar surface area (TPSA) is 57.6 Å². The molecule has 24 heavy (non-hydrogen) atoms. The van der Waals surface area contributed by atoms with Crippen molar-refractivity contribution in [3.8, 4) is 5.75 Å². The lowest BCUT2D eigenvalue weighted by Gasteiger charge is -2.25. The zero-order valence-electron chi connectivity index (χ0n) is 14.1. The summed E-state index contributed by atoms with van der Waals surface area (Å²) in [5, 5.41) is 12.0. The maximum atomic E-state index is 8.89. The highest BCUT2D eigenvalue weighted by Crippen LogP contribution is 2.34. The third-order valence-corrected chi connectivity index (χ3v) is 4.43. The smallest absolute Gasteiger partial charge is 0.125 e. The molecule has 0 bridgehead atoms. The predicted molar refractivity (Wildman–Crippen MR) is 95.2 cm³/mol. The molecule has 1 fully saturated rings. The van der Waals surface area contributed by atoms with E-state index in [2.05, 4.69) is 39.5 Å². The van der Waals surface area contributed by atoms with Gasteiger partial charge in [-0.25, -0.2) is 4.98 Å². The molecule has 128 valence electrons. The van der Waals surface area contributed by atoms with E-state index in [9.17, 15) is 0 Å². The van der Waals surface area contributed by atoms with Gasteiger partial charge in [0.15, 0.2) is 0 Å². The summed E-state index contributed by atoms with van der Waals surface area (Å²) in [7, 11) is 1.90. The third-order valence-electron chi connectivity index (χ3n) is 4.43. The number of hydrogen-bond donors (Lipinski definition) is 2. The molecule has 1 aliphatic heterocycles. The standard InChI is InChI=1S/C19H25N3O2/c1-20-19-13-16(7-8-21-19)18-6-3-9-22(18)14-15-4-2-5-17(12-15)24-11-10-23/h2,4-5,7-8,12-13,18,23H,3,6,9-11,14H2,1H3,(H,20,21)/t18-/m0/s1. The molecule has 3 rings (SSSR count). The van der Waals surface area contributed by atoms with Crippen LogP contribution in [0.5, 0.6) is 5.75 Å². The van der Waals surface area contributed by atoms with E-state index in [1.54, 1.807) is 0 Å². The Balaban J connectivity index is 1.71. The number of pyridine rings is 1. The molecule has 0 amide bonds. The maximum Gasteiger partial charge on any atom is 0.125 e. The van der Waals surface area contributed by atoms with Gasteiger partial charge in [0.05, 0.1) is 6.61 Å². The van der Waals surface area contributed by atoms with Gasteiger partial charge in [0.2, 0.25) is 0 Å². The molecule has 2 N–H and O–H groups in total. The van der Waals surface area contributed by atoms with Crippen LogP contribution in [0.15, 0.2) is 42.6 Å². The molecule has 5 heteroatoms. The molecule has 0 unspecified atom stereocenters. The summed E-state index contributed by atoms with van der Waals surface area (Å²) >= 11 is 0. The second kappa shape index (κ2) is 8.13. The van der Waals surface area contributed by atoms with Gasteiger partial charge >= 0.3 is 0 Å². The van der Waals surface area contributed by atoms with Crippen LogP contribution in [0.25, 0.3) is 0 Å². The second-order valence-corrected chi connectivity index (χ2v) is 6.07. The minimum Gasteiger partial charge on any atom is -0.491 e. The molecule has 2 aromatic rings. The summed E-state index contributed by atoms with van der Waals surface area (Å²) < 4.78 is 5.52. The lowest BCUT2D eigenvalue weighted by Crippen LogP contribution is -2.23. The Morgan fingerprint density at radius 3 is 3.08 bits per heavy atom. The van der Waals surface area contributed by atoms with Crippen LogP contribution in [-0.2, 0) is 6.54 Å². The number of anilines is 1. The molecule has 0 saturated carbocycles. The van der Waals surface area contributed by atoms with Crippen molar-refractivity contribution in [2.24, 2.45) is 0 Å². The lowest BCUT2D eigenvalue weighted by atomic mass is 10.1. The van der Waals surface area contributed by atoms with Crippen LogP contribution < -0.4 is 10.1 Å². The summed E-state index contributed by atoms with van der Waals surface area (Å²) in [6.45, 7) is 2.37. The molecule has 1 aromatic carbocycles. The quantitative estimate of drug-likeness (QED) is 0.819. The number of nitrogens with zero attached hydrogens (tertiary/aromatic N) is 2. The first-order chi connectivity index (χ1) is 11.8. The minimum absolute atomic E-state index is 0.0360. The molecule has 2 heterocycles. The summed E-state index contributed by atoms with van der Waals surface area (Å²) in [5.41, 5.74) is 2.56. The highest BCUT2D eigenvalue weighted by Gasteiger charge is 2.26. The molecule has 1 aromatic heterocycles. The fourth-order valence-corrected chi connectivity index (χ4v) is 3.32. The number of likely N-dealkylation sites (tertiary alicyclic amines) is 1. The largest absolute Gasteiger partial charge is 0.491 e. The highest BCUT2D eigenvalue weighted by molar-refractivity contribution is 5.38. The SMILES string of the molecule is CNc1cc([C@@H]2CCCN2Cc2cccc(OCCO)c2)ccn1. The van der Waals surface area contributed by atoms with Crippen LogP contribution in [0.4, 0.5) is 5.82 Å². The molecular weight excluding hydrogens is 302 g/mol. The van der Waals surface area contributed by atoms with Crippen LogP contribution >= 0.6 is 0 Å². The van der Waals surface area contributed by atoms with E-state index < -0.39 is 0 Å². The molecule has 1 aliphatic rings. The van der Waals surface area contributed by atoms with Crippen molar-refractivity contribution in [3.63, 3.8) is 0 Å². The van der Waals surface area contributed by atoms with E-state index in [1.165, 1.54) is 24.0 Å². The number of benzene rings is 1. The Hall–Kier alpha value is -2.11. The second-order valence-electron chi connectivity index (χ2n) is 6.07. The van der Waals surface area contributed by atoms with E-state index in [0.29, 0.717) is 12.6 Å². The van der Waals surface area contributed by atoms with E-state index in [4.69, 9.17) is 9.84 Å². The monoisotopic (exact) mass is 327 g/mol. The molecule has 0 spiro atoms. The molecule has 1 atom stereocenters. The van der Waals surface area contributed by atoms with Crippen LogP contribution in [0.1, 0.15) is 30.0 Å². The number of nitrogens with one attached hydrogen (secondary N) is 1. The van der Waals surface area contributed by atoms with Gasteiger partial charge in [-0.1, -0.05) is 12.1 Å². The predicted octanol–water partition coefficient (Wildman–Crippen LogP) is 2.83. The van der Waals surface area contributed by atoms with E-state index >= 15 is 0 Å². The summed E-state index contributed by atoms with van der Waals surface area (Å²) in [6.07, 6.45) is 4.26. The van der Waals surface area contributed by atoms with Gasteiger partial charge in [-0.15, -0.1) is 0 Å². The summed E-state index contributed by atoms with van der Waals surface area (Å²) in [5.74, 6) is 1.73. The maximum absolute atomic E-state index is 8.89. The zero-order valence-corrected chi connectivity index (χ0v) is 14.1. The first-order valence-corrected chi connectivity index (χ1v) is 8.50. The van der Waals surface area contributed by atoms with Crippen LogP contribution in [-0.4, -0.2) is 41.8 Å². The average molecular weight is 327 g/mol. The molecule has 0 aliphatic carbocycles. The van der Waals surface area contributed by atoms with Gasteiger partial charge < -0.3 is 15.2 Å². The fourth-order valence-electron chi connectivity index (χ4n) is 3.32. The minimum atomic E-state index is 0.0360. The van der Waals surface area contributed by atoms with Crippen molar-refractivity contribution in [3.05, 3.63) is 53.7 Å². The van der Waals surface area contributed by atoms with Crippen molar-refractivity contribution in [1.29, 1.82) is 0 Å². The third kappa shape index (κ3) is 4.04. The van der Waals surface area contributed by atoms with E-state index in [-0.39, 0.29) is 6.61 Å². The fraction of sp³-hybridized carbons (Fsp3) is 0.421. The van der Waals surface area contributed by atoms with Crippen LogP contribution in [0.3, 0.4) is 0 Å². The van der Waals surface area contributed by atoms with Gasteiger partial charge in [-0.3, -0.25) is 4.90 Å². The number of ether oxygens (including phenoxy) is 1. The Morgan fingerprint density at radius 2 is 2.25 bits per heavy atom. The van der Waals surface area contributed by atoms with Crippen molar-refractivity contribution in [1.82, 2.24) is 9.88 Å². The van der Waals surface area contributed by atoms with Crippen LogP contribution in [0, 0.1) is 0 Å². The number of hydrogen-bond acceptors (Lipinski definition) is 5. The number of aliphatic hydroxyl groups is 1. The Kier molecular flexibility index (Phi) is 5.67. The Labute approximate surface area is 143 Å². The first kappa shape index (κ1) is 16.7. The molecule has 0 radical (unpaired) electrons. The molecule has 1 saturated heterocycles. The molecule has 5 nitrogen and oxygen atoms in total. The van der Waals surface area contributed by atoms with Crippen molar-refractivity contribution < 1.29 is 9.84 Å². The average Bonchev–Trinajstić information content (AvgIpc) is 3.08. The zero-order chi connectivity index (χ0) is 16.8. The van der Waals surface area contributed by atoms with Crippen LogP contribution in [0.2, 0.25) is 0 Å². The number of aromatic nitrogens is 1. The highest BCUT2D eigenvalue weighted by atomic mass is 16.5. The summed E-state index contributed by atoms with van der Waals surface area (Å²) in [4.78, 5) is 6.83. The molecular formula is C19H25N3O2. The van der Waals surface area contributed by atoms with Gasteiger partial charge in [0.1, 0.15) is 18.2 Å². The van der Waals surface area contributed by atoms with Crippen molar-refractivity contribution in [2.45, 2.75) is 25.4 Å².